The lowest BCUT2D eigenvalue weighted by molar-refractivity contribution is -0.129. The Kier molecular flexibility index (Phi) is 6.34. The van der Waals surface area contributed by atoms with Gasteiger partial charge in [-0.05, 0) is 51.0 Å². The van der Waals surface area contributed by atoms with E-state index in [1.807, 2.05) is 11.8 Å². The van der Waals surface area contributed by atoms with Gasteiger partial charge in [-0.2, -0.15) is 0 Å². The maximum Gasteiger partial charge on any atom is 0.295 e. The summed E-state index contributed by atoms with van der Waals surface area (Å²) >= 11 is 0. The highest BCUT2D eigenvalue weighted by Crippen LogP contribution is 2.26. The lowest BCUT2D eigenvalue weighted by atomic mass is 10.0. The third kappa shape index (κ3) is 4.39. The summed E-state index contributed by atoms with van der Waals surface area (Å²) in [6, 6.07) is 8.25. The molecule has 1 aromatic carbocycles. The second-order valence-corrected chi connectivity index (χ2v) is 9.91. The van der Waals surface area contributed by atoms with Crippen LogP contribution in [0.2, 0.25) is 0 Å². The van der Waals surface area contributed by atoms with Gasteiger partial charge >= 0.3 is 0 Å². The molecule has 5 rings (SSSR count). The van der Waals surface area contributed by atoms with Crippen molar-refractivity contribution in [2.24, 2.45) is 0 Å². The van der Waals surface area contributed by atoms with E-state index in [9.17, 15) is 18.8 Å². The summed E-state index contributed by atoms with van der Waals surface area (Å²) in [5, 5.41) is 0.485. The van der Waals surface area contributed by atoms with E-state index >= 15 is 0 Å². The molecule has 36 heavy (non-hydrogen) atoms. The lowest BCUT2D eigenvalue weighted by Gasteiger charge is -2.44. The second-order valence-electron chi connectivity index (χ2n) is 9.91. The number of amides is 2. The fourth-order valence-corrected chi connectivity index (χ4v) is 5.00. The molecular formula is C27H32FN5O3. The normalized spacial score (nSPS) is 20.4. The minimum absolute atomic E-state index is 0. The number of rotatable bonds is 5. The SMILES string of the molecule is Cc1nc2[nH]cc(C(=O)C(=O)N3CCC3)c2cc1C(=O)N1C[C@H](C)N(Cc2ccc(F)cc2)C[C@H]1C.[HH]. The van der Waals surface area contributed by atoms with E-state index < -0.39 is 11.7 Å². The average Bonchev–Trinajstić information content (AvgIpc) is 3.22. The summed E-state index contributed by atoms with van der Waals surface area (Å²) in [4.78, 5) is 52.2. The molecule has 9 heteroatoms. The zero-order valence-electron chi connectivity index (χ0n) is 20.8. The fourth-order valence-electron chi connectivity index (χ4n) is 5.00. The number of Topliss-reactive ketones (excluding diaryl/α,β-unsaturated/α-hetero) is 1. The Bertz CT molecular complexity index is 1340. The molecule has 0 bridgehead atoms. The summed E-state index contributed by atoms with van der Waals surface area (Å²) in [7, 11) is 0. The smallest absolute Gasteiger partial charge is 0.295 e. The highest BCUT2D eigenvalue weighted by molar-refractivity contribution is 6.45. The Balaban J connectivity index is 0.00000320. The quantitative estimate of drug-likeness (QED) is 0.435. The van der Waals surface area contributed by atoms with Crippen molar-refractivity contribution in [3.05, 3.63) is 64.7 Å². The first-order chi connectivity index (χ1) is 17.2. The minimum Gasteiger partial charge on any atom is -0.345 e. The number of carbonyl (C=O) groups excluding carboxylic acids is 3. The molecule has 2 saturated heterocycles. The second kappa shape index (κ2) is 9.46. The van der Waals surface area contributed by atoms with Crippen LogP contribution < -0.4 is 0 Å². The number of pyridine rings is 1. The molecule has 0 saturated carbocycles. The van der Waals surface area contributed by atoms with Crippen molar-refractivity contribution in [2.75, 3.05) is 26.2 Å². The number of likely N-dealkylation sites (tertiary alicyclic amines) is 1. The summed E-state index contributed by atoms with van der Waals surface area (Å²) in [5.41, 5.74) is 2.75. The van der Waals surface area contributed by atoms with Crippen molar-refractivity contribution in [3.8, 4) is 0 Å². The first-order valence-corrected chi connectivity index (χ1v) is 12.3. The number of aryl methyl sites for hydroxylation is 1. The number of halogens is 1. The maximum atomic E-state index is 13.7. The molecule has 1 N–H and O–H groups in total. The van der Waals surface area contributed by atoms with Gasteiger partial charge in [0.1, 0.15) is 11.5 Å². The van der Waals surface area contributed by atoms with Gasteiger partial charge in [-0.25, -0.2) is 9.37 Å². The van der Waals surface area contributed by atoms with Gasteiger partial charge in [-0.3, -0.25) is 19.3 Å². The largest absolute Gasteiger partial charge is 0.345 e. The standard InChI is InChI=1S/C27H30FN5O3.H2/c1-16-14-33(17(2)13-32(16)15-19-5-7-20(28)8-6-19)26(35)21-11-22-23(12-29-25(22)30-18(21)3)24(34)27(36)31-9-4-10-31;/h5-8,11-12,16-17H,4,9-10,13-15H2,1-3H3,(H,29,30);1H/t16-,17+;/m0./s1. The first-order valence-electron chi connectivity index (χ1n) is 12.3. The van der Waals surface area contributed by atoms with Gasteiger partial charge in [0.05, 0.1) is 16.8 Å². The number of hydrogen-bond acceptors (Lipinski definition) is 5. The van der Waals surface area contributed by atoms with E-state index in [1.54, 1.807) is 25.1 Å². The Morgan fingerprint density at radius 1 is 1.08 bits per heavy atom. The third-order valence-electron chi connectivity index (χ3n) is 7.34. The zero-order valence-corrected chi connectivity index (χ0v) is 20.8. The van der Waals surface area contributed by atoms with Crippen LogP contribution in [-0.4, -0.2) is 80.5 Å². The van der Waals surface area contributed by atoms with E-state index in [-0.39, 0.29) is 30.8 Å². The van der Waals surface area contributed by atoms with Crippen molar-refractivity contribution >= 4 is 28.6 Å². The van der Waals surface area contributed by atoms with Gasteiger partial charge in [0.15, 0.2) is 0 Å². The number of hydrogen-bond donors (Lipinski definition) is 1. The molecule has 2 fully saturated rings. The van der Waals surface area contributed by atoms with Gasteiger partial charge < -0.3 is 14.8 Å². The molecule has 2 aliphatic rings. The lowest BCUT2D eigenvalue weighted by Crippen LogP contribution is -2.57. The molecule has 2 aromatic heterocycles. The number of carbonyl (C=O) groups is 3. The summed E-state index contributed by atoms with van der Waals surface area (Å²) < 4.78 is 13.3. The van der Waals surface area contributed by atoms with Gasteiger partial charge in [0.2, 0.25) is 0 Å². The predicted molar refractivity (Wildman–Crippen MR) is 135 cm³/mol. The van der Waals surface area contributed by atoms with Crippen molar-refractivity contribution in [1.82, 2.24) is 24.7 Å². The Labute approximate surface area is 210 Å². The number of piperazine rings is 1. The van der Waals surface area contributed by atoms with Gasteiger partial charge in [-0.15, -0.1) is 0 Å². The molecule has 2 amide bonds. The molecule has 0 unspecified atom stereocenters. The van der Waals surface area contributed by atoms with Crippen LogP contribution in [0, 0.1) is 12.7 Å². The Hall–Kier alpha value is -3.59. The molecule has 190 valence electrons. The molecule has 4 heterocycles. The van der Waals surface area contributed by atoms with Crippen LogP contribution in [0.25, 0.3) is 11.0 Å². The molecular weight excluding hydrogens is 461 g/mol. The van der Waals surface area contributed by atoms with Gasteiger partial charge in [-0.1, -0.05) is 12.1 Å². The number of benzene rings is 1. The molecule has 8 nitrogen and oxygen atoms in total. The number of aromatic amines is 1. The van der Waals surface area contributed by atoms with Crippen molar-refractivity contribution in [2.45, 2.75) is 45.8 Å². The fraction of sp³-hybridized carbons (Fsp3) is 0.407. The number of ketones is 1. The Morgan fingerprint density at radius 2 is 1.81 bits per heavy atom. The van der Waals surface area contributed by atoms with Crippen LogP contribution in [0.4, 0.5) is 4.39 Å². The number of nitrogens with one attached hydrogen (secondary N) is 1. The number of nitrogens with zero attached hydrogens (tertiary/aromatic N) is 4. The van der Waals surface area contributed by atoms with E-state index in [4.69, 9.17) is 0 Å². The van der Waals surface area contributed by atoms with E-state index in [2.05, 4.69) is 21.8 Å². The summed E-state index contributed by atoms with van der Waals surface area (Å²) in [6.45, 7) is 8.95. The number of fused-ring (bicyclic) bond motifs is 1. The van der Waals surface area contributed by atoms with Crippen molar-refractivity contribution < 1.29 is 20.2 Å². The first kappa shape index (κ1) is 24.1. The molecule has 0 radical (unpaired) electrons. The summed E-state index contributed by atoms with van der Waals surface area (Å²) in [6.07, 6.45) is 2.41. The molecule has 2 atom stereocenters. The minimum atomic E-state index is -0.582. The molecule has 2 aliphatic heterocycles. The zero-order chi connectivity index (χ0) is 25.6. The van der Waals surface area contributed by atoms with Crippen LogP contribution in [0.15, 0.2) is 36.5 Å². The number of H-pyrrole nitrogens is 1. The molecule has 3 aromatic rings. The monoisotopic (exact) mass is 493 g/mol. The van der Waals surface area contributed by atoms with E-state index in [0.717, 1.165) is 12.0 Å². The van der Waals surface area contributed by atoms with Crippen LogP contribution in [0.1, 0.15) is 53.7 Å². The van der Waals surface area contributed by atoms with Crippen LogP contribution in [0.3, 0.4) is 0 Å². The molecule has 0 spiro atoms. The van der Waals surface area contributed by atoms with Crippen LogP contribution in [0.5, 0.6) is 0 Å². The predicted octanol–water partition coefficient (Wildman–Crippen LogP) is 3.41. The van der Waals surface area contributed by atoms with Crippen LogP contribution >= 0.6 is 0 Å². The maximum absolute atomic E-state index is 13.7. The third-order valence-corrected chi connectivity index (χ3v) is 7.34. The number of aromatic nitrogens is 2. The highest BCUT2D eigenvalue weighted by Gasteiger charge is 2.34. The average molecular weight is 494 g/mol. The van der Waals surface area contributed by atoms with Gasteiger partial charge in [0, 0.05) is 57.8 Å². The summed E-state index contributed by atoms with van der Waals surface area (Å²) in [5.74, 6) is -1.50. The Morgan fingerprint density at radius 3 is 2.47 bits per heavy atom. The highest BCUT2D eigenvalue weighted by atomic mass is 19.1. The van der Waals surface area contributed by atoms with Crippen molar-refractivity contribution in [3.63, 3.8) is 0 Å². The molecule has 0 aliphatic carbocycles. The van der Waals surface area contributed by atoms with Crippen molar-refractivity contribution in [1.29, 1.82) is 0 Å². The van der Waals surface area contributed by atoms with E-state index in [1.165, 1.54) is 23.2 Å². The topological polar surface area (TPSA) is 89.6 Å². The van der Waals surface area contributed by atoms with Crippen LogP contribution in [-0.2, 0) is 11.3 Å². The van der Waals surface area contributed by atoms with E-state index in [0.29, 0.717) is 55.0 Å². The van der Waals surface area contributed by atoms with Gasteiger partial charge in [0.25, 0.3) is 17.6 Å².